The minimum absolute atomic E-state index is 0.173. The van der Waals surface area contributed by atoms with Crippen molar-refractivity contribution in [3.05, 3.63) is 4.91 Å². The number of nitroso groups, excluding NO2 is 1. The first-order valence-corrected chi connectivity index (χ1v) is 6.04. The summed E-state index contributed by atoms with van der Waals surface area (Å²) in [5.41, 5.74) is 2.23. The van der Waals surface area contributed by atoms with E-state index in [0.29, 0.717) is 18.2 Å². The number of ketones is 1. The van der Waals surface area contributed by atoms with E-state index in [2.05, 4.69) is 10.7 Å². The maximum absolute atomic E-state index is 12.1. The molecule has 0 bridgehead atoms. The van der Waals surface area contributed by atoms with Crippen molar-refractivity contribution in [1.82, 2.24) is 5.43 Å². The highest BCUT2D eigenvalue weighted by Crippen LogP contribution is 2.33. The number of carbonyl (C=O) groups is 1. The van der Waals surface area contributed by atoms with E-state index in [0.717, 1.165) is 25.7 Å². The van der Waals surface area contributed by atoms with Crippen LogP contribution in [0.4, 0.5) is 0 Å². The Morgan fingerprint density at radius 2 is 2.06 bits per heavy atom. The van der Waals surface area contributed by atoms with Crippen LogP contribution in [0.25, 0.3) is 0 Å². The summed E-state index contributed by atoms with van der Waals surface area (Å²) in [7, 11) is 0. The fraction of sp³-hybridized carbons (Fsp3) is 0.917. The predicted molar refractivity (Wildman–Crippen MR) is 63.7 cm³/mol. The number of hydrogen-bond acceptors (Lipinski definition) is 3. The highest BCUT2D eigenvalue weighted by atomic mass is 16.3. The van der Waals surface area contributed by atoms with E-state index in [4.69, 9.17) is 0 Å². The SMILES string of the molecule is CC(C)(C)C(=O)C1CCCC(CNN=O)C1. The van der Waals surface area contributed by atoms with Crippen LogP contribution >= 0.6 is 0 Å². The van der Waals surface area contributed by atoms with Gasteiger partial charge in [0, 0.05) is 23.2 Å². The molecule has 0 aliphatic heterocycles. The Bertz CT molecular complexity index is 258. The third kappa shape index (κ3) is 3.58. The summed E-state index contributed by atoms with van der Waals surface area (Å²) in [6.07, 6.45) is 4.08. The molecule has 1 N–H and O–H groups in total. The van der Waals surface area contributed by atoms with Gasteiger partial charge in [-0.05, 0) is 25.2 Å². The average Bonchev–Trinajstić information content (AvgIpc) is 2.24. The van der Waals surface area contributed by atoms with Gasteiger partial charge in [0.15, 0.2) is 0 Å². The lowest BCUT2D eigenvalue weighted by Crippen LogP contribution is -2.34. The van der Waals surface area contributed by atoms with Gasteiger partial charge in [-0.15, -0.1) is 4.91 Å². The van der Waals surface area contributed by atoms with Crippen molar-refractivity contribution in [2.75, 3.05) is 6.54 Å². The first-order chi connectivity index (χ1) is 7.45. The minimum Gasteiger partial charge on any atom is -0.299 e. The van der Waals surface area contributed by atoms with E-state index >= 15 is 0 Å². The van der Waals surface area contributed by atoms with Crippen LogP contribution in [0.2, 0.25) is 0 Å². The Morgan fingerprint density at radius 1 is 1.38 bits per heavy atom. The van der Waals surface area contributed by atoms with Crippen LogP contribution in [0.3, 0.4) is 0 Å². The molecule has 1 saturated carbocycles. The molecule has 1 fully saturated rings. The van der Waals surface area contributed by atoms with Gasteiger partial charge in [0.1, 0.15) is 5.78 Å². The lowest BCUT2D eigenvalue weighted by molar-refractivity contribution is -0.131. The van der Waals surface area contributed by atoms with Crippen LogP contribution < -0.4 is 5.43 Å². The zero-order valence-corrected chi connectivity index (χ0v) is 10.5. The Kier molecular flexibility index (Phi) is 4.44. The van der Waals surface area contributed by atoms with Gasteiger partial charge in [0.2, 0.25) is 0 Å². The Hall–Kier alpha value is -0.930. The van der Waals surface area contributed by atoms with Crippen LogP contribution in [-0.2, 0) is 4.79 Å². The van der Waals surface area contributed by atoms with Crippen molar-refractivity contribution >= 4 is 5.78 Å². The van der Waals surface area contributed by atoms with Crippen molar-refractivity contribution < 1.29 is 4.79 Å². The molecule has 0 aromatic carbocycles. The maximum atomic E-state index is 12.1. The lowest BCUT2D eigenvalue weighted by atomic mass is 9.73. The van der Waals surface area contributed by atoms with Gasteiger partial charge in [-0.25, -0.2) is 0 Å². The molecular weight excluding hydrogens is 204 g/mol. The van der Waals surface area contributed by atoms with Crippen molar-refractivity contribution in [2.24, 2.45) is 22.5 Å². The molecule has 1 aliphatic carbocycles. The maximum Gasteiger partial charge on any atom is 0.141 e. The monoisotopic (exact) mass is 226 g/mol. The number of Topliss-reactive ketones (excluding diaryl/α,β-unsaturated/α-hetero) is 1. The molecule has 92 valence electrons. The van der Waals surface area contributed by atoms with Gasteiger partial charge in [-0.1, -0.05) is 27.2 Å². The molecule has 2 unspecified atom stereocenters. The normalized spacial score (nSPS) is 26.2. The molecule has 1 rings (SSSR count). The molecular formula is C12H22N2O2. The largest absolute Gasteiger partial charge is 0.299 e. The topological polar surface area (TPSA) is 58.5 Å². The average molecular weight is 226 g/mol. The van der Waals surface area contributed by atoms with Crippen molar-refractivity contribution in [2.45, 2.75) is 46.5 Å². The predicted octanol–water partition coefficient (Wildman–Crippen LogP) is 2.68. The fourth-order valence-electron chi connectivity index (χ4n) is 2.49. The van der Waals surface area contributed by atoms with Gasteiger partial charge < -0.3 is 0 Å². The summed E-state index contributed by atoms with van der Waals surface area (Å²) in [6, 6.07) is 0. The number of carbonyl (C=O) groups excluding carboxylic acids is 1. The number of hydrogen-bond donors (Lipinski definition) is 1. The molecule has 0 aromatic rings. The van der Waals surface area contributed by atoms with E-state index < -0.39 is 0 Å². The van der Waals surface area contributed by atoms with Crippen LogP contribution in [0.15, 0.2) is 5.29 Å². The van der Waals surface area contributed by atoms with E-state index in [1.165, 1.54) is 0 Å². The summed E-state index contributed by atoms with van der Waals surface area (Å²) in [4.78, 5) is 22.1. The molecule has 16 heavy (non-hydrogen) atoms. The second kappa shape index (κ2) is 5.41. The van der Waals surface area contributed by atoms with Gasteiger partial charge in [-0.2, -0.15) is 0 Å². The second-order valence-electron chi connectivity index (χ2n) is 5.80. The van der Waals surface area contributed by atoms with Crippen LogP contribution in [-0.4, -0.2) is 12.3 Å². The summed E-state index contributed by atoms with van der Waals surface area (Å²) in [6.45, 7) is 6.54. The molecule has 4 nitrogen and oxygen atoms in total. The first kappa shape index (κ1) is 13.1. The van der Waals surface area contributed by atoms with Gasteiger partial charge >= 0.3 is 0 Å². The zero-order valence-electron chi connectivity index (χ0n) is 10.5. The molecule has 1 aliphatic rings. The van der Waals surface area contributed by atoms with E-state index in [9.17, 15) is 9.70 Å². The van der Waals surface area contributed by atoms with E-state index in [1.807, 2.05) is 20.8 Å². The smallest absolute Gasteiger partial charge is 0.141 e. The number of nitrogens with zero attached hydrogens (tertiary/aromatic N) is 1. The molecule has 0 heterocycles. The standard InChI is InChI=1S/C12H22N2O2/c1-12(2,3)11(15)10-6-4-5-9(7-10)8-13-14-16/h9-10H,4-8H2,1-3H3,(H,13,16). The Balaban J connectivity index is 2.50. The number of rotatable bonds is 4. The molecule has 4 heteroatoms. The molecule has 0 amide bonds. The molecule has 2 atom stereocenters. The summed E-state index contributed by atoms with van der Waals surface area (Å²) < 4.78 is 0. The third-order valence-electron chi connectivity index (χ3n) is 3.34. The van der Waals surface area contributed by atoms with Gasteiger partial charge in [-0.3, -0.25) is 10.2 Å². The summed E-state index contributed by atoms with van der Waals surface area (Å²) >= 11 is 0. The zero-order chi connectivity index (χ0) is 12.2. The Labute approximate surface area is 97.1 Å². The molecule has 0 radical (unpaired) electrons. The molecule has 0 aromatic heterocycles. The minimum atomic E-state index is -0.247. The highest BCUT2D eigenvalue weighted by molar-refractivity contribution is 5.86. The quantitative estimate of drug-likeness (QED) is 0.592. The second-order valence-corrected chi connectivity index (χ2v) is 5.80. The Morgan fingerprint density at radius 3 is 2.62 bits per heavy atom. The van der Waals surface area contributed by atoms with Gasteiger partial charge in [0.25, 0.3) is 0 Å². The third-order valence-corrected chi connectivity index (χ3v) is 3.34. The van der Waals surface area contributed by atoms with Crippen LogP contribution in [0.1, 0.15) is 46.5 Å². The van der Waals surface area contributed by atoms with E-state index in [1.54, 1.807) is 0 Å². The molecule has 0 saturated heterocycles. The number of nitrogens with one attached hydrogen (secondary N) is 1. The van der Waals surface area contributed by atoms with E-state index in [-0.39, 0.29) is 11.3 Å². The van der Waals surface area contributed by atoms with Crippen LogP contribution in [0, 0.1) is 22.2 Å². The van der Waals surface area contributed by atoms with Crippen molar-refractivity contribution in [3.8, 4) is 0 Å². The van der Waals surface area contributed by atoms with Crippen molar-refractivity contribution in [1.29, 1.82) is 0 Å². The molecule has 0 spiro atoms. The highest BCUT2D eigenvalue weighted by Gasteiger charge is 2.33. The van der Waals surface area contributed by atoms with Crippen molar-refractivity contribution in [3.63, 3.8) is 0 Å². The summed E-state index contributed by atoms with van der Waals surface area (Å²) in [5.74, 6) is 0.950. The van der Waals surface area contributed by atoms with Crippen LogP contribution in [0.5, 0.6) is 0 Å². The lowest BCUT2D eigenvalue weighted by Gasteiger charge is -2.31. The summed E-state index contributed by atoms with van der Waals surface area (Å²) in [5, 5.41) is 2.66. The van der Waals surface area contributed by atoms with Gasteiger partial charge in [0.05, 0.1) is 0 Å². The first-order valence-electron chi connectivity index (χ1n) is 6.04. The fourth-order valence-corrected chi connectivity index (χ4v) is 2.49.